The molecule has 0 aromatic carbocycles. The molecule has 1 N–H and O–H groups in total. The summed E-state index contributed by atoms with van der Waals surface area (Å²) in [5, 5.41) is 8.01. The van der Waals surface area contributed by atoms with E-state index in [1.807, 2.05) is 4.68 Å². The van der Waals surface area contributed by atoms with Gasteiger partial charge in [-0.3, -0.25) is 4.68 Å². The smallest absolute Gasteiger partial charge is 0.138 e. The average Bonchev–Trinajstić information content (AvgIpc) is 3.09. The van der Waals surface area contributed by atoms with Crippen molar-refractivity contribution in [3.05, 3.63) is 12.2 Å². The van der Waals surface area contributed by atoms with Gasteiger partial charge in [-0.25, -0.2) is 4.98 Å². The Morgan fingerprint density at radius 2 is 2.16 bits per heavy atom. The summed E-state index contributed by atoms with van der Waals surface area (Å²) in [6.45, 7) is 6.43. The highest BCUT2D eigenvalue weighted by atomic mass is 15.3. The molecule has 1 atom stereocenters. The number of aryl methyl sites for hydroxylation is 2. The van der Waals surface area contributed by atoms with Crippen molar-refractivity contribution < 1.29 is 0 Å². The first-order valence-corrected chi connectivity index (χ1v) is 7.95. The Labute approximate surface area is 117 Å². The van der Waals surface area contributed by atoms with Gasteiger partial charge in [-0.1, -0.05) is 19.8 Å². The van der Waals surface area contributed by atoms with Gasteiger partial charge in [-0.15, -0.1) is 0 Å². The van der Waals surface area contributed by atoms with Gasteiger partial charge in [0, 0.05) is 19.0 Å². The maximum atomic E-state index is 4.39. The van der Waals surface area contributed by atoms with Gasteiger partial charge >= 0.3 is 0 Å². The molecule has 108 valence electrons. The van der Waals surface area contributed by atoms with Gasteiger partial charge in [0.15, 0.2) is 0 Å². The van der Waals surface area contributed by atoms with Crippen molar-refractivity contribution in [3.8, 4) is 0 Å². The first-order valence-electron chi connectivity index (χ1n) is 7.95. The SMILES string of the molecule is CCCNC(CCc1ncnn1CC)C1CCCC1. The van der Waals surface area contributed by atoms with E-state index in [2.05, 4.69) is 29.2 Å². The summed E-state index contributed by atoms with van der Waals surface area (Å²) in [6.07, 6.45) is 10.8. The third-order valence-corrected chi connectivity index (χ3v) is 4.30. The van der Waals surface area contributed by atoms with E-state index in [0.717, 1.165) is 31.3 Å². The highest BCUT2D eigenvalue weighted by Gasteiger charge is 2.24. The minimum absolute atomic E-state index is 0.671. The van der Waals surface area contributed by atoms with E-state index < -0.39 is 0 Å². The summed E-state index contributed by atoms with van der Waals surface area (Å²) >= 11 is 0. The lowest BCUT2D eigenvalue weighted by Gasteiger charge is -2.24. The Morgan fingerprint density at radius 1 is 1.37 bits per heavy atom. The van der Waals surface area contributed by atoms with Crippen LogP contribution in [0.4, 0.5) is 0 Å². The molecule has 4 nitrogen and oxygen atoms in total. The maximum Gasteiger partial charge on any atom is 0.138 e. The van der Waals surface area contributed by atoms with Crippen molar-refractivity contribution in [3.63, 3.8) is 0 Å². The lowest BCUT2D eigenvalue weighted by atomic mass is 9.94. The fraction of sp³-hybridized carbons (Fsp3) is 0.867. The molecule has 1 fully saturated rings. The zero-order valence-electron chi connectivity index (χ0n) is 12.4. The highest BCUT2D eigenvalue weighted by Crippen LogP contribution is 2.29. The molecule has 1 saturated carbocycles. The molecule has 2 rings (SSSR count). The minimum atomic E-state index is 0.671. The standard InChI is InChI=1S/C15H28N4/c1-3-11-16-14(13-7-5-6-8-13)9-10-15-17-12-18-19(15)4-2/h12-14,16H,3-11H2,1-2H3. The molecule has 0 spiro atoms. The Morgan fingerprint density at radius 3 is 2.84 bits per heavy atom. The van der Waals surface area contributed by atoms with Crippen LogP contribution < -0.4 is 5.32 Å². The summed E-state index contributed by atoms with van der Waals surface area (Å²) < 4.78 is 2.02. The van der Waals surface area contributed by atoms with Gasteiger partial charge in [0.25, 0.3) is 0 Å². The highest BCUT2D eigenvalue weighted by molar-refractivity contribution is 4.89. The van der Waals surface area contributed by atoms with E-state index in [1.165, 1.54) is 38.5 Å². The molecule has 0 radical (unpaired) electrons. The quantitative estimate of drug-likeness (QED) is 0.785. The minimum Gasteiger partial charge on any atom is -0.314 e. The first-order chi connectivity index (χ1) is 9.35. The van der Waals surface area contributed by atoms with Crippen molar-refractivity contribution in [2.24, 2.45) is 5.92 Å². The molecule has 1 unspecified atom stereocenters. The summed E-state index contributed by atoms with van der Waals surface area (Å²) in [5.41, 5.74) is 0. The van der Waals surface area contributed by atoms with Crippen molar-refractivity contribution in [2.45, 2.75) is 71.4 Å². The summed E-state index contributed by atoms with van der Waals surface area (Å²) in [5.74, 6) is 2.02. The van der Waals surface area contributed by atoms with E-state index in [4.69, 9.17) is 0 Å². The van der Waals surface area contributed by atoms with Crippen molar-refractivity contribution >= 4 is 0 Å². The van der Waals surface area contributed by atoms with Crippen LogP contribution in [0.3, 0.4) is 0 Å². The fourth-order valence-corrected chi connectivity index (χ4v) is 3.22. The summed E-state index contributed by atoms with van der Waals surface area (Å²) in [4.78, 5) is 4.39. The predicted molar refractivity (Wildman–Crippen MR) is 78.1 cm³/mol. The van der Waals surface area contributed by atoms with Crippen LogP contribution in [-0.2, 0) is 13.0 Å². The van der Waals surface area contributed by atoms with Crippen molar-refractivity contribution in [2.75, 3.05) is 6.54 Å². The molecule has 19 heavy (non-hydrogen) atoms. The van der Waals surface area contributed by atoms with E-state index in [-0.39, 0.29) is 0 Å². The third-order valence-electron chi connectivity index (χ3n) is 4.30. The van der Waals surface area contributed by atoms with Crippen LogP contribution in [0, 0.1) is 5.92 Å². The van der Waals surface area contributed by atoms with Gasteiger partial charge in [0.05, 0.1) is 0 Å². The van der Waals surface area contributed by atoms with E-state index in [9.17, 15) is 0 Å². The zero-order valence-corrected chi connectivity index (χ0v) is 12.4. The van der Waals surface area contributed by atoms with Gasteiger partial charge < -0.3 is 5.32 Å². The molecule has 0 amide bonds. The van der Waals surface area contributed by atoms with E-state index in [0.29, 0.717) is 6.04 Å². The van der Waals surface area contributed by atoms with Crippen molar-refractivity contribution in [1.29, 1.82) is 0 Å². The molecule has 1 aliphatic rings. The second kappa shape index (κ2) is 7.63. The number of hydrogen-bond donors (Lipinski definition) is 1. The van der Waals surface area contributed by atoms with Crippen LogP contribution in [-0.4, -0.2) is 27.4 Å². The van der Waals surface area contributed by atoms with Crippen molar-refractivity contribution in [1.82, 2.24) is 20.1 Å². The Bertz CT molecular complexity index is 355. The Hall–Kier alpha value is -0.900. The van der Waals surface area contributed by atoms with Crippen LogP contribution >= 0.6 is 0 Å². The summed E-state index contributed by atoms with van der Waals surface area (Å²) in [6, 6.07) is 0.671. The molecule has 0 aliphatic heterocycles. The number of nitrogens with one attached hydrogen (secondary N) is 1. The molecule has 0 saturated heterocycles. The zero-order chi connectivity index (χ0) is 13.5. The second-order valence-electron chi connectivity index (χ2n) is 5.64. The van der Waals surface area contributed by atoms with Crippen LogP contribution in [0.15, 0.2) is 6.33 Å². The third kappa shape index (κ3) is 4.03. The number of hydrogen-bond acceptors (Lipinski definition) is 3. The van der Waals surface area contributed by atoms with Crippen LogP contribution in [0.5, 0.6) is 0 Å². The lowest BCUT2D eigenvalue weighted by Crippen LogP contribution is -2.36. The number of aromatic nitrogens is 3. The second-order valence-corrected chi connectivity index (χ2v) is 5.64. The van der Waals surface area contributed by atoms with E-state index in [1.54, 1.807) is 6.33 Å². The monoisotopic (exact) mass is 264 g/mol. The number of nitrogens with zero attached hydrogens (tertiary/aromatic N) is 3. The average molecular weight is 264 g/mol. The summed E-state index contributed by atoms with van der Waals surface area (Å²) in [7, 11) is 0. The molecule has 1 heterocycles. The largest absolute Gasteiger partial charge is 0.314 e. The van der Waals surface area contributed by atoms with Gasteiger partial charge in [0.1, 0.15) is 12.2 Å². The van der Waals surface area contributed by atoms with Gasteiger partial charge in [0.2, 0.25) is 0 Å². The van der Waals surface area contributed by atoms with Gasteiger partial charge in [-0.05, 0) is 45.1 Å². The molecular weight excluding hydrogens is 236 g/mol. The molecule has 1 aromatic rings. The Kier molecular flexibility index (Phi) is 5.83. The molecule has 1 aliphatic carbocycles. The first kappa shape index (κ1) is 14.5. The Balaban J connectivity index is 1.88. The van der Waals surface area contributed by atoms with Gasteiger partial charge in [-0.2, -0.15) is 5.10 Å². The predicted octanol–water partition coefficient (Wildman–Crippen LogP) is 2.79. The molecule has 0 bridgehead atoms. The molecular formula is C15H28N4. The molecule has 1 aromatic heterocycles. The topological polar surface area (TPSA) is 42.7 Å². The molecule has 4 heteroatoms. The van der Waals surface area contributed by atoms with Crippen LogP contribution in [0.1, 0.15) is 58.2 Å². The van der Waals surface area contributed by atoms with E-state index >= 15 is 0 Å². The fourth-order valence-electron chi connectivity index (χ4n) is 3.22. The number of rotatable bonds is 8. The normalized spacial score (nSPS) is 18.0. The van der Waals surface area contributed by atoms with Crippen LogP contribution in [0.2, 0.25) is 0 Å². The van der Waals surface area contributed by atoms with Crippen LogP contribution in [0.25, 0.3) is 0 Å². The lowest BCUT2D eigenvalue weighted by molar-refractivity contribution is 0.337. The maximum absolute atomic E-state index is 4.39.